The van der Waals surface area contributed by atoms with Crippen LogP contribution >= 0.6 is 15.9 Å². The molecule has 0 fully saturated rings. The lowest BCUT2D eigenvalue weighted by Gasteiger charge is -2.11. The van der Waals surface area contributed by atoms with E-state index < -0.39 is 5.97 Å². The number of rotatable bonds is 5. The van der Waals surface area contributed by atoms with E-state index in [2.05, 4.69) is 15.9 Å². The third kappa shape index (κ3) is 2.74. The molecule has 0 aliphatic carbocycles. The van der Waals surface area contributed by atoms with Gasteiger partial charge in [0.2, 0.25) is 0 Å². The first-order valence-electron chi connectivity index (χ1n) is 8.16. The molecule has 0 saturated carbocycles. The minimum absolute atomic E-state index is 0.180. The summed E-state index contributed by atoms with van der Waals surface area (Å²) >= 11 is 3.36. The van der Waals surface area contributed by atoms with Gasteiger partial charge in [-0.15, -0.1) is 0 Å². The highest BCUT2D eigenvalue weighted by Gasteiger charge is 2.23. The fraction of sp³-hybridized carbons (Fsp3) is 0.0952. The Morgan fingerprint density at radius 2 is 1.65 bits per heavy atom. The summed E-state index contributed by atoms with van der Waals surface area (Å²) in [6.45, 7) is 0.550. The molecule has 0 amide bonds. The van der Waals surface area contributed by atoms with Crippen LogP contribution in [0.4, 0.5) is 0 Å². The Balaban J connectivity index is 2.00. The number of hydrogen-bond donors (Lipinski definition) is 1. The molecule has 0 saturated heterocycles. The summed E-state index contributed by atoms with van der Waals surface area (Å²) in [7, 11) is 0. The molecule has 0 unspecified atom stereocenters. The summed E-state index contributed by atoms with van der Waals surface area (Å²) in [4.78, 5) is 11.9. The van der Waals surface area contributed by atoms with Crippen LogP contribution in [-0.2, 0) is 0 Å². The number of benzene rings is 3. The van der Waals surface area contributed by atoms with Crippen molar-refractivity contribution in [3.05, 3.63) is 66.2 Å². The highest BCUT2D eigenvalue weighted by molar-refractivity contribution is 9.09. The number of alkyl halides is 1. The van der Waals surface area contributed by atoms with E-state index in [0.29, 0.717) is 23.3 Å². The highest BCUT2D eigenvalue weighted by atomic mass is 79.9. The summed E-state index contributed by atoms with van der Waals surface area (Å²) in [5.41, 5.74) is 1.48. The van der Waals surface area contributed by atoms with Crippen molar-refractivity contribution in [3.8, 4) is 17.1 Å². The van der Waals surface area contributed by atoms with Crippen LogP contribution in [0.2, 0.25) is 0 Å². The zero-order valence-electron chi connectivity index (χ0n) is 13.7. The topological polar surface area (TPSA) is 59.7 Å². The van der Waals surface area contributed by atoms with Gasteiger partial charge < -0.3 is 14.3 Å². The van der Waals surface area contributed by atoms with Gasteiger partial charge in [-0.25, -0.2) is 4.79 Å². The van der Waals surface area contributed by atoms with E-state index in [0.717, 1.165) is 27.4 Å². The summed E-state index contributed by atoms with van der Waals surface area (Å²) in [6.07, 6.45) is 0. The molecule has 1 heterocycles. The Hall–Kier alpha value is -2.79. The molecule has 5 heteroatoms. The molecular formula is C21H15BrO4. The second-order valence-corrected chi connectivity index (χ2v) is 6.59. The third-order valence-electron chi connectivity index (χ3n) is 4.27. The zero-order valence-corrected chi connectivity index (χ0v) is 15.3. The van der Waals surface area contributed by atoms with Gasteiger partial charge in [0.05, 0.1) is 6.61 Å². The van der Waals surface area contributed by atoms with Crippen molar-refractivity contribution in [1.82, 2.24) is 0 Å². The van der Waals surface area contributed by atoms with E-state index in [1.807, 2.05) is 48.5 Å². The van der Waals surface area contributed by atoms with Gasteiger partial charge in [0.1, 0.15) is 16.9 Å². The van der Waals surface area contributed by atoms with Crippen LogP contribution in [0.5, 0.6) is 5.75 Å². The first-order chi connectivity index (χ1) is 12.7. The Labute approximate surface area is 158 Å². The lowest BCUT2D eigenvalue weighted by molar-refractivity contribution is 0.0699. The molecule has 0 spiro atoms. The van der Waals surface area contributed by atoms with Gasteiger partial charge in [-0.05, 0) is 23.6 Å². The van der Waals surface area contributed by atoms with Crippen molar-refractivity contribution in [2.45, 2.75) is 0 Å². The zero-order chi connectivity index (χ0) is 18.1. The minimum atomic E-state index is -1.01. The molecule has 0 radical (unpaired) electrons. The molecule has 1 N–H and O–H groups in total. The molecule has 0 aliphatic heterocycles. The van der Waals surface area contributed by atoms with Gasteiger partial charge in [0.15, 0.2) is 5.76 Å². The Morgan fingerprint density at radius 3 is 2.38 bits per heavy atom. The van der Waals surface area contributed by atoms with Crippen molar-refractivity contribution in [2.24, 2.45) is 0 Å². The molecule has 0 atom stereocenters. The number of carboxylic acids is 1. The number of para-hydroxylation sites is 1. The predicted molar refractivity (Wildman–Crippen MR) is 105 cm³/mol. The summed E-state index contributed by atoms with van der Waals surface area (Å²) in [6, 6.07) is 18.7. The van der Waals surface area contributed by atoms with Crippen molar-refractivity contribution in [1.29, 1.82) is 0 Å². The number of halogens is 1. The average Bonchev–Trinajstić information content (AvgIpc) is 3.05. The van der Waals surface area contributed by atoms with Gasteiger partial charge >= 0.3 is 5.97 Å². The van der Waals surface area contributed by atoms with Gasteiger partial charge in [-0.2, -0.15) is 0 Å². The molecule has 4 nitrogen and oxygen atoms in total. The number of carbonyl (C=O) groups is 1. The van der Waals surface area contributed by atoms with Crippen LogP contribution in [0.1, 0.15) is 10.4 Å². The number of fused-ring (bicyclic) bond motifs is 2. The normalized spacial score (nSPS) is 11.1. The van der Waals surface area contributed by atoms with Crippen LogP contribution < -0.4 is 4.74 Å². The van der Waals surface area contributed by atoms with Crippen molar-refractivity contribution < 1.29 is 19.1 Å². The lowest BCUT2D eigenvalue weighted by atomic mass is 9.99. The molecule has 3 aromatic carbocycles. The summed E-state index contributed by atoms with van der Waals surface area (Å²) < 4.78 is 11.7. The molecule has 130 valence electrons. The predicted octanol–water partition coefficient (Wildman–Crippen LogP) is 5.72. The quantitative estimate of drug-likeness (QED) is 0.427. The maximum Gasteiger partial charge on any atom is 0.340 e. The molecule has 4 rings (SSSR count). The smallest absolute Gasteiger partial charge is 0.340 e. The maximum absolute atomic E-state index is 11.9. The van der Waals surface area contributed by atoms with E-state index in [1.54, 1.807) is 12.1 Å². The highest BCUT2D eigenvalue weighted by Crippen LogP contribution is 2.39. The Kier molecular flexibility index (Phi) is 4.39. The van der Waals surface area contributed by atoms with Crippen LogP contribution in [0, 0.1) is 0 Å². The van der Waals surface area contributed by atoms with E-state index >= 15 is 0 Å². The summed E-state index contributed by atoms with van der Waals surface area (Å²) in [5.74, 6) is 0.118. The monoisotopic (exact) mass is 410 g/mol. The summed E-state index contributed by atoms with van der Waals surface area (Å²) in [5, 5.41) is 12.9. The largest absolute Gasteiger partial charge is 0.492 e. The van der Waals surface area contributed by atoms with Gasteiger partial charge in [-0.1, -0.05) is 58.4 Å². The maximum atomic E-state index is 11.9. The fourth-order valence-electron chi connectivity index (χ4n) is 3.19. The lowest BCUT2D eigenvalue weighted by Crippen LogP contribution is -2.00. The molecular weight excluding hydrogens is 396 g/mol. The van der Waals surface area contributed by atoms with Crippen molar-refractivity contribution >= 4 is 43.6 Å². The number of carboxylic acid groups (broad SMARTS) is 1. The minimum Gasteiger partial charge on any atom is -0.492 e. The second-order valence-electron chi connectivity index (χ2n) is 5.80. The first-order valence-corrected chi connectivity index (χ1v) is 9.28. The molecule has 1 aromatic heterocycles. The van der Waals surface area contributed by atoms with Crippen molar-refractivity contribution in [3.63, 3.8) is 0 Å². The van der Waals surface area contributed by atoms with Gasteiger partial charge in [0, 0.05) is 21.7 Å². The average molecular weight is 411 g/mol. The van der Waals surface area contributed by atoms with Crippen molar-refractivity contribution in [2.75, 3.05) is 11.9 Å². The number of hydrogen-bond acceptors (Lipinski definition) is 3. The molecule has 0 aliphatic rings. The number of furan rings is 1. The standard InChI is InChI=1S/C21H15BrO4/c22-11-12-25-17-10-9-15(13-5-1-2-6-14(13)17)20-19(21(23)24)16-7-3-4-8-18(16)26-20/h1-10H,11-12H2,(H,23,24). The number of ether oxygens (including phenoxy) is 1. The van der Waals surface area contributed by atoms with Crippen LogP contribution in [0.3, 0.4) is 0 Å². The molecule has 0 bridgehead atoms. The van der Waals surface area contributed by atoms with E-state index in [4.69, 9.17) is 9.15 Å². The van der Waals surface area contributed by atoms with Crippen LogP contribution in [-0.4, -0.2) is 23.0 Å². The van der Waals surface area contributed by atoms with Crippen LogP contribution in [0.15, 0.2) is 65.1 Å². The fourth-order valence-corrected chi connectivity index (χ4v) is 3.35. The SMILES string of the molecule is O=C(O)c1c(-c2ccc(OCCBr)c3ccccc23)oc2ccccc12. The van der Waals surface area contributed by atoms with E-state index in [1.165, 1.54) is 0 Å². The van der Waals surface area contributed by atoms with Gasteiger partial charge in [-0.3, -0.25) is 0 Å². The Bertz CT molecular complexity index is 1110. The third-order valence-corrected chi connectivity index (χ3v) is 4.60. The second kappa shape index (κ2) is 6.84. The number of aromatic carboxylic acids is 1. The molecule has 4 aromatic rings. The van der Waals surface area contributed by atoms with E-state index in [-0.39, 0.29) is 5.56 Å². The Morgan fingerprint density at radius 1 is 0.962 bits per heavy atom. The first kappa shape index (κ1) is 16.7. The molecule has 26 heavy (non-hydrogen) atoms. The van der Waals surface area contributed by atoms with Crippen LogP contribution in [0.25, 0.3) is 33.1 Å². The van der Waals surface area contributed by atoms with Gasteiger partial charge in [0.25, 0.3) is 0 Å². The van der Waals surface area contributed by atoms with E-state index in [9.17, 15) is 9.90 Å².